The number of ether oxygens (including phenoxy) is 3. The van der Waals surface area contributed by atoms with Crippen LogP contribution in [0.2, 0.25) is 0 Å². The Kier molecular flexibility index (Phi) is 38.3. The summed E-state index contributed by atoms with van der Waals surface area (Å²) in [5.41, 5.74) is 0. The van der Waals surface area contributed by atoms with Gasteiger partial charge in [-0.15, -0.1) is 0 Å². The van der Waals surface area contributed by atoms with Gasteiger partial charge in [0.25, 0.3) is 0 Å². The van der Waals surface area contributed by atoms with Crippen LogP contribution < -0.4 is 0 Å². The zero-order valence-electron chi connectivity index (χ0n) is 35.9. The largest absolute Gasteiger partial charge is 0.466 e. The SMILES string of the molecule is CCCCCCCCC(O)C(CCCCCCCCOC(=O)CCCCCCCCCCCC(O)C(CCCCCCCC)OC(=O)CC)OC(=O)CC. The molecule has 0 fully saturated rings. The molecule has 320 valence electrons. The molecule has 0 saturated heterocycles. The van der Waals surface area contributed by atoms with Crippen molar-refractivity contribution < 1.29 is 38.8 Å². The minimum Gasteiger partial charge on any atom is -0.466 e. The van der Waals surface area contributed by atoms with E-state index in [-0.39, 0.29) is 24.0 Å². The van der Waals surface area contributed by atoms with Gasteiger partial charge in [-0.25, -0.2) is 0 Å². The number of carbonyl (C=O) groups excluding carboxylic acids is 3. The minimum atomic E-state index is -0.574. The van der Waals surface area contributed by atoms with E-state index in [0.717, 1.165) is 109 Å². The summed E-state index contributed by atoms with van der Waals surface area (Å²) in [6, 6.07) is 0. The maximum Gasteiger partial charge on any atom is 0.305 e. The average Bonchev–Trinajstić information content (AvgIpc) is 3.17. The van der Waals surface area contributed by atoms with Crippen LogP contribution in [0.25, 0.3) is 0 Å². The molecule has 0 radical (unpaired) electrons. The number of hydrogen-bond donors (Lipinski definition) is 2. The number of hydrogen-bond acceptors (Lipinski definition) is 8. The first-order valence-corrected chi connectivity index (χ1v) is 23.2. The first-order chi connectivity index (χ1) is 26.3. The van der Waals surface area contributed by atoms with Crippen LogP contribution in [-0.2, 0) is 28.6 Å². The Labute approximate surface area is 333 Å². The topological polar surface area (TPSA) is 119 Å². The first kappa shape index (κ1) is 52.3. The van der Waals surface area contributed by atoms with E-state index < -0.39 is 18.3 Å². The highest BCUT2D eigenvalue weighted by Crippen LogP contribution is 2.20. The molecule has 4 unspecified atom stereocenters. The molecule has 4 atom stereocenters. The summed E-state index contributed by atoms with van der Waals surface area (Å²) >= 11 is 0. The number of rotatable bonds is 41. The lowest BCUT2D eigenvalue weighted by atomic mass is 9.99. The van der Waals surface area contributed by atoms with Gasteiger partial charge in [0.2, 0.25) is 0 Å². The average molecular weight is 769 g/mol. The second-order valence-electron chi connectivity index (χ2n) is 15.9. The molecule has 0 saturated carbocycles. The Morgan fingerprint density at radius 3 is 1.07 bits per heavy atom. The van der Waals surface area contributed by atoms with Crippen LogP contribution in [0.3, 0.4) is 0 Å². The Morgan fingerprint density at radius 1 is 0.389 bits per heavy atom. The Balaban J connectivity index is 3.81. The normalized spacial score (nSPS) is 13.7. The van der Waals surface area contributed by atoms with E-state index in [1.807, 2.05) is 0 Å². The molecule has 8 heteroatoms. The monoisotopic (exact) mass is 769 g/mol. The Bertz CT molecular complexity index is 849. The molecule has 8 nitrogen and oxygen atoms in total. The van der Waals surface area contributed by atoms with Crippen LogP contribution >= 0.6 is 0 Å². The summed E-state index contributed by atoms with van der Waals surface area (Å²) in [7, 11) is 0. The predicted octanol–water partition coefficient (Wildman–Crippen LogP) is 12.4. The molecule has 0 aromatic heterocycles. The lowest BCUT2D eigenvalue weighted by Crippen LogP contribution is -2.31. The van der Waals surface area contributed by atoms with Crippen LogP contribution in [0.5, 0.6) is 0 Å². The lowest BCUT2D eigenvalue weighted by molar-refractivity contribution is -0.156. The van der Waals surface area contributed by atoms with Gasteiger partial charge in [0, 0.05) is 19.3 Å². The Hall–Kier alpha value is -1.67. The summed E-state index contributed by atoms with van der Waals surface area (Å²) in [6.07, 6.45) is 32.4. The van der Waals surface area contributed by atoms with E-state index in [1.165, 1.54) is 70.6 Å². The fourth-order valence-corrected chi connectivity index (χ4v) is 7.07. The van der Waals surface area contributed by atoms with Crippen LogP contribution in [0, 0.1) is 0 Å². The molecule has 2 N–H and O–H groups in total. The lowest BCUT2D eigenvalue weighted by Gasteiger charge is -2.23. The van der Waals surface area contributed by atoms with Crippen molar-refractivity contribution in [2.75, 3.05) is 6.61 Å². The maximum atomic E-state index is 12.1. The van der Waals surface area contributed by atoms with Crippen molar-refractivity contribution in [2.45, 2.75) is 270 Å². The second kappa shape index (κ2) is 39.6. The van der Waals surface area contributed by atoms with Gasteiger partial charge in [-0.2, -0.15) is 0 Å². The first-order valence-electron chi connectivity index (χ1n) is 23.2. The van der Waals surface area contributed by atoms with E-state index in [4.69, 9.17) is 14.2 Å². The summed E-state index contributed by atoms with van der Waals surface area (Å²) in [5.74, 6) is -0.527. The third-order valence-corrected chi connectivity index (χ3v) is 10.7. The molecule has 0 aliphatic rings. The molecule has 0 aliphatic heterocycles. The van der Waals surface area contributed by atoms with Gasteiger partial charge >= 0.3 is 17.9 Å². The second-order valence-corrected chi connectivity index (χ2v) is 15.9. The molecule has 0 heterocycles. The van der Waals surface area contributed by atoms with E-state index >= 15 is 0 Å². The molecular formula is C46H88O8. The van der Waals surface area contributed by atoms with Crippen LogP contribution in [0.4, 0.5) is 0 Å². The van der Waals surface area contributed by atoms with Gasteiger partial charge in [0.05, 0.1) is 18.8 Å². The molecule has 0 aliphatic carbocycles. The smallest absolute Gasteiger partial charge is 0.305 e. The summed E-state index contributed by atoms with van der Waals surface area (Å²) in [4.78, 5) is 35.9. The highest BCUT2D eigenvalue weighted by molar-refractivity contribution is 5.69. The maximum absolute atomic E-state index is 12.1. The molecule has 0 aromatic carbocycles. The zero-order valence-corrected chi connectivity index (χ0v) is 35.9. The molecule has 0 spiro atoms. The summed E-state index contributed by atoms with van der Waals surface area (Å²) in [5, 5.41) is 21.4. The molecule has 0 aromatic rings. The van der Waals surface area contributed by atoms with Gasteiger partial charge in [0.15, 0.2) is 0 Å². The minimum absolute atomic E-state index is 0.0805. The fraction of sp³-hybridized carbons (Fsp3) is 0.935. The van der Waals surface area contributed by atoms with Gasteiger partial charge in [-0.3, -0.25) is 14.4 Å². The van der Waals surface area contributed by atoms with Gasteiger partial charge in [-0.05, 0) is 51.4 Å². The standard InChI is InChI=1S/C46H88O8/c1-5-9-11-13-22-28-34-40(47)43(54-45(50)8-4)37-31-25-20-21-27-33-39-52-46(51)38-32-26-19-17-15-16-18-23-29-35-41(48)42(53-44(49)7-3)36-30-24-14-12-10-6-2/h40-43,47-48H,5-39H2,1-4H3. The van der Waals surface area contributed by atoms with E-state index in [2.05, 4.69) is 13.8 Å². The highest BCUT2D eigenvalue weighted by atomic mass is 16.6. The van der Waals surface area contributed by atoms with Crippen molar-refractivity contribution in [1.82, 2.24) is 0 Å². The van der Waals surface area contributed by atoms with Crippen molar-refractivity contribution >= 4 is 17.9 Å². The third kappa shape index (κ3) is 33.6. The quantitative estimate of drug-likeness (QED) is 0.0358. The number of carbonyl (C=O) groups is 3. The summed E-state index contributed by atoms with van der Waals surface area (Å²) < 4.78 is 16.6. The number of esters is 3. The van der Waals surface area contributed by atoms with Gasteiger partial charge in [0.1, 0.15) is 12.2 Å². The third-order valence-electron chi connectivity index (χ3n) is 10.7. The van der Waals surface area contributed by atoms with E-state index in [0.29, 0.717) is 45.1 Å². The molecule has 54 heavy (non-hydrogen) atoms. The molecule has 0 rings (SSSR count). The molecule has 0 amide bonds. The molecular weight excluding hydrogens is 680 g/mol. The van der Waals surface area contributed by atoms with Gasteiger partial charge < -0.3 is 24.4 Å². The van der Waals surface area contributed by atoms with Crippen LogP contribution in [0.1, 0.15) is 246 Å². The van der Waals surface area contributed by atoms with Crippen molar-refractivity contribution in [3.8, 4) is 0 Å². The van der Waals surface area contributed by atoms with E-state index in [9.17, 15) is 24.6 Å². The zero-order chi connectivity index (χ0) is 39.9. The fourth-order valence-electron chi connectivity index (χ4n) is 7.07. The van der Waals surface area contributed by atoms with Crippen molar-refractivity contribution in [1.29, 1.82) is 0 Å². The summed E-state index contributed by atoms with van der Waals surface area (Å²) in [6.45, 7) is 8.52. The number of aliphatic hydroxyl groups is 2. The number of unbranched alkanes of at least 4 members (excludes halogenated alkanes) is 23. The van der Waals surface area contributed by atoms with Crippen molar-refractivity contribution in [2.24, 2.45) is 0 Å². The van der Waals surface area contributed by atoms with Crippen LogP contribution in [-0.4, -0.2) is 59.1 Å². The number of aliphatic hydroxyl groups excluding tert-OH is 2. The van der Waals surface area contributed by atoms with Crippen molar-refractivity contribution in [3.63, 3.8) is 0 Å². The van der Waals surface area contributed by atoms with E-state index in [1.54, 1.807) is 13.8 Å². The van der Waals surface area contributed by atoms with Crippen LogP contribution in [0.15, 0.2) is 0 Å². The highest BCUT2D eigenvalue weighted by Gasteiger charge is 2.23. The van der Waals surface area contributed by atoms with Gasteiger partial charge in [-0.1, -0.05) is 175 Å². The molecule has 0 bridgehead atoms. The van der Waals surface area contributed by atoms with Crippen molar-refractivity contribution in [3.05, 3.63) is 0 Å². The Morgan fingerprint density at radius 2 is 0.704 bits per heavy atom. The predicted molar refractivity (Wildman–Crippen MR) is 222 cm³/mol.